The van der Waals surface area contributed by atoms with Gasteiger partial charge in [0.1, 0.15) is 5.82 Å². The predicted octanol–water partition coefficient (Wildman–Crippen LogP) is 1.17. The van der Waals surface area contributed by atoms with Crippen LogP contribution < -0.4 is 11.1 Å². The summed E-state index contributed by atoms with van der Waals surface area (Å²) in [5.74, 6) is 1.42. The summed E-state index contributed by atoms with van der Waals surface area (Å²) in [6, 6.07) is 4.49. The molecule has 0 aliphatic carbocycles. The van der Waals surface area contributed by atoms with E-state index in [1.54, 1.807) is 6.20 Å². The number of hydrogen-bond donors (Lipinski definition) is 2. The van der Waals surface area contributed by atoms with Crippen LogP contribution in [0.1, 0.15) is 12.8 Å². The third kappa shape index (κ3) is 1.73. The maximum atomic E-state index is 5.85. The van der Waals surface area contributed by atoms with Crippen molar-refractivity contribution >= 4 is 11.5 Å². The Kier molecular flexibility index (Phi) is 2.44. The number of rotatable bonds is 2. The van der Waals surface area contributed by atoms with Gasteiger partial charge in [-0.1, -0.05) is 0 Å². The average molecular weight is 218 g/mol. The SMILES string of the molecule is Nc1ncccc1NC1CN2CCC1CC2. The van der Waals surface area contributed by atoms with Crippen molar-refractivity contribution in [2.24, 2.45) is 5.92 Å². The van der Waals surface area contributed by atoms with E-state index in [0.717, 1.165) is 18.2 Å². The molecule has 4 heterocycles. The van der Waals surface area contributed by atoms with E-state index in [0.29, 0.717) is 11.9 Å². The van der Waals surface area contributed by atoms with E-state index < -0.39 is 0 Å². The van der Waals surface area contributed by atoms with Gasteiger partial charge in [-0.25, -0.2) is 4.98 Å². The van der Waals surface area contributed by atoms with Crippen LogP contribution in [0.15, 0.2) is 18.3 Å². The fourth-order valence-corrected chi connectivity index (χ4v) is 2.87. The summed E-state index contributed by atoms with van der Waals surface area (Å²) >= 11 is 0. The lowest BCUT2D eigenvalue weighted by Gasteiger charge is -2.45. The topological polar surface area (TPSA) is 54.2 Å². The Morgan fingerprint density at radius 2 is 2.19 bits per heavy atom. The molecule has 0 spiro atoms. The molecule has 2 bridgehead atoms. The molecule has 4 nitrogen and oxygen atoms in total. The lowest BCUT2D eigenvalue weighted by atomic mass is 9.84. The number of piperidine rings is 3. The number of pyridine rings is 1. The number of nitrogens with two attached hydrogens (primary N) is 1. The van der Waals surface area contributed by atoms with Gasteiger partial charge in [-0.15, -0.1) is 0 Å². The van der Waals surface area contributed by atoms with Crippen LogP contribution in [0, 0.1) is 5.92 Å². The molecule has 3 aliphatic rings. The highest BCUT2D eigenvalue weighted by atomic mass is 15.2. The van der Waals surface area contributed by atoms with Crippen molar-refractivity contribution in [3.8, 4) is 0 Å². The number of nitrogens with zero attached hydrogens (tertiary/aromatic N) is 2. The number of hydrogen-bond acceptors (Lipinski definition) is 4. The molecule has 3 aliphatic heterocycles. The van der Waals surface area contributed by atoms with Crippen molar-refractivity contribution in [3.05, 3.63) is 18.3 Å². The van der Waals surface area contributed by atoms with Gasteiger partial charge in [0.2, 0.25) is 0 Å². The number of fused-ring (bicyclic) bond motifs is 3. The largest absolute Gasteiger partial charge is 0.382 e. The molecular formula is C12H18N4. The van der Waals surface area contributed by atoms with E-state index in [4.69, 9.17) is 5.73 Å². The second kappa shape index (κ2) is 3.94. The van der Waals surface area contributed by atoms with Gasteiger partial charge < -0.3 is 16.0 Å². The molecule has 16 heavy (non-hydrogen) atoms. The quantitative estimate of drug-likeness (QED) is 0.782. The first kappa shape index (κ1) is 9.90. The van der Waals surface area contributed by atoms with E-state index >= 15 is 0 Å². The zero-order chi connectivity index (χ0) is 11.0. The van der Waals surface area contributed by atoms with E-state index in [9.17, 15) is 0 Å². The zero-order valence-corrected chi connectivity index (χ0v) is 9.39. The highest BCUT2D eigenvalue weighted by Crippen LogP contribution is 2.30. The Balaban J connectivity index is 1.73. The summed E-state index contributed by atoms with van der Waals surface area (Å²) in [5.41, 5.74) is 6.84. The highest BCUT2D eigenvalue weighted by Gasteiger charge is 2.34. The Morgan fingerprint density at radius 1 is 1.38 bits per heavy atom. The van der Waals surface area contributed by atoms with E-state index in [1.165, 1.54) is 25.9 Å². The van der Waals surface area contributed by atoms with Gasteiger partial charge in [-0.2, -0.15) is 0 Å². The molecule has 4 rings (SSSR count). The molecule has 0 aromatic carbocycles. The summed E-state index contributed by atoms with van der Waals surface area (Å²) in [4.78, 5) is 6.64. The molecule has 1 unspecified atom stereocenters. The van der Waals surface area contributed by atoms with Gasteiger partial charge in [0.25, 0.3) is 0 Å². The third-order valence-corrected chi connectivity index (χ3v) is 3.84. The summed E-state index contributed by atoms with van der Waals surface area (Å²) in [6.07, 6.45) is 4.37. The Labute approximate surface area is 95.8 Å². The second-order valence-electron chi connectivity index (χ2n) is 4.83. The molecule has 3 fully saturated rings. The molecule has 3 N–H and O–H groups in total. The van der Waals surface area contributed by atoms with Crippen molar-refractivity contribution in [3.63, 3.8) is 0 Å². The van der Waals surface area contributed by atoms with Crippen LogP contribution in [0.4, 0.5) is 11.5 Å². The predicted molar refractivity (Wildman–Crippen MR) is 65.2 cm³/mol. The molecule has 3 saturated heterocycles. The fraction of sp³-hybridized carbons (Fsp3) is 0.583. The first-order valence-corrected chi connectivity index (χ1v) is 6.02. The fourth-order valence-electron chi connectivity index (χ4n) is 2.87. The van der Waals surface area contributed by atoms with Crippen molar-refractivity contribution in [1.82, 2.24) is 9.88 Å². The first-order valence-electron chi connectivity index (χ1n) is 6.02. The Morgan fingerprint density at radius 3 is 2.81 bits per heavy atom. The van der Waals surface area contributed by atoms with Gasteiger partial charge in [0, 0.05) is 18.8 Å². The van der Waals surface area contributed by atoms with Crippen molar-refractivity contribution in [1.29, 1.82) is 0 Å². The maximum Gasteiger partial charge on any atom is 0.146 e. The number of nitrogens with one attached hydrogen (secondary N) is 1. The minimum atomic E-state index is 0.550. The molecular weight excluding hydrogens is 200 g/mol. The zero-order valence-electron chi connectivity index (χ0n) is 9.39. The van der Waals surface area contributed by atoms with Gasteiger partial charge in [0.15, 0.2) is 0 Å². The second-order valence-corrected chi connectivity index (χ2v) is 4.83. The lowest BCUT2D eigenvalue weighted by Crippen LogP contribution is -2.53. The maximum absolute atomic E-state index is 5.85. The van der Waals surface area contributed by atoms with E-state index in [-0.39, 0.29) is 0 Å². The van der Waals surface area contributed by atoms with Crippen molar-refractivity contribution < 1.29 is 0 Å². The molecule has 0 saturated carbocycles. The number of anilines is 2. The van der Waals surface area contributed by atoms with Crippen LogP contribution in [-0.2, 0) is 0 Å². The van der Waals surface area contributed by atoms with Crippen LogP contribution in [0.5, 0.6) is 0 Å². The smallest absolute Gasteiger partial charge is 0.146 e. The normalized spacial score (nSPS) is 32.6. The summed E-state index contributed by atoms with van der Waals surface area (Å²) in [5, 5.41) is 3.55. The molecule has 1 atom stereocenters. The van der Waals surface area contributed by atoms with Gasteiger partial charge in [-0.05, 0) is 44.0 Å². The van der Waals surface area contributed by atoms with Gasteiger partial charge in [-0.3, -0.25) is 0 Å². The standard InChI is InChI=1S/C12H18N4/c13-12-10(2-1-5-14-12)15-11-8-16-6-3-9(11)4-7-16/h1-2,5,9,11,15H,3-4,6-8H2,(H2,13,14). The molecule has 1 aromatic rings. The van der Waals surface area contributed by atoms with Crippen molar-refractivity contribution in [2.75, 3.05) is 30.7 Å². The van der Waals surface area contributed by atoms with Crippen LogP contribution in [0.25, 0.3) is 0 Å². The molecule has 1 aromatic heterocycles. The summed E-state index contributed by atoms with van der Waals surface area (Å²) < 4.78 is 0. The van der Waals surface area contributed by atoms with E-state index in [2.05, 4.69) is 15.2 Å². The van der Waals surface area contributed by atoms with Crippen LogP contribution >= 0.6 is 0 Å². The highest BCUT2D eigenvalue weighted by molar-refractivity contribution is 5.61. The first-order chi connectivity index (χ1) is 7.83. The number of nitrogen functional groups attached to an aromatic ring is 1. The van der Waals surface area contributed by atoms with E-state index in [1.807, 2.05) is 12.1 Å². The Hall–Kier alpha value is -1.29. The minimum Gasteiger partial charge on any atom is -0.382 e. The van der Waals surface area contributed by atoms with Gasteiger partial charge >= 0.3 is 0 Å². The minimum absolute atomic E-state index is 0.550. The van der Waals surface area contributed by atoms with Gasteiger partial charge in [0.05, 0.1) is 5.69 Å². The average Bonchev–Trinajstić information content (AvgIpc) is 2.34. The monoisotopic (exact) mass is 218 g/mol. The summed E-state index contributed by atoms with van der Waals surface area (Å²) in [6.45, 7) is 3.69. The molecule has 0 amide bonds. The van der Waals surface area contributed by atoms with Crippen LogP contribution in [0.2, 0.25) is 0 Å². The Bertz CT molecular complexity index is 371. The third-order valence-electron chi connectivity index (χ3n) is 3.84. The lowest BCUT2D eigenvalue weighted by molar-refractivity contribution is 0.0975. The molecule has 0 radical (unpaired) electrons. The van der Waals surface area contributed by atoms with Crippen LogP contribution in [-0.4, -0.2) is 35.6 Å². The molecule has 4 heteroatoms. The van der Waals surface area contributed by atoms with Crippen molar-refractivity contribution in [2.45, 2.75) is 18.9 Å². The number of aromatic nitrogens is 1. The summed E-state index contributed by atoms with van der Waals surface area (Å²) in [7, 11) is 0. The molecule has 86 valence electrons. The van der Waals surface area contributed by atoms with Crippen LogP contribution in [0.3, 0.4) is 0 Å².